The summed E-state index contributed by atoms with van der Waals surface area (Å²) in [6.45, 7) is 3.89. The molecule has 0 atom stereocenters. The first kappa shape index (κ1) is 22.3. The molecule has 1 saturated carbocycles. The molecule has 0 spiro atoms. The highest BCUT2D eigenvalue weighted by atomic mass is 16.2. The Bertz CT molecular complexity index is 1490. The van der Waals surface area contributed by atoms with Crippen LogP contribution in [0.5, 0.6) is 0 Å². The van der Waals surface area contributed by atoms with Crippen molar-refractivity contribution in [3.05, 3.63) is 98.9 Å². The minimum Gasteiger partial charge on any atom is -0.334 e. The molecule has 1 aromatic carbocycles. The van der Waals surface area contributed by atoms with Crippen LogP contribution < -0.4 is 5.56 Å². The van der Waals surface area contributed by atoms with Gasteiger partial charge in [-0.2, -0.15) is 4.68 Å². The third-order valence-corrected chi connectivity index (χ3v) is 7.19. The molecule has 0 radical (unpaired) electrons. The summed E-state index contributed by atoms with van der Waals surface area (Å²) >= 11 is 0. The molecule has 9 heteroatoms. The molecule has 0 bridgehead atoms. The van der Waals surface area contributed by atoms with Crippen molar-refractivity contribution in [1.82, 2.24) is 34.7 Å². The maximum absolute atomic E-state index is 13.6. The van der Waals surface area contributed by atoms with Gasteiger partial charge < -0.3 is 9.47 Å². The minimum atomic E-state index is -0.0715. The lowest BCUT2D eigenvalue weighted by atomic mass is 9.97. The summed E-state index contributed by atoms with van der Waals surface area (Å²) in [6.07, 6.45) is 6.66. The van der Waals surface area contributed by atoms with Crippen LogP contribution in [0.3, 0.4) is 0 Å². The van der Waals surface area contributed by atoms with Crippen LogP contribution in [0.1, 0.15) is 51.1 Å². The van der Waals surface area contributed by atoms with Gasteiger partial charge in [-0.1, -0.05) is 24.3 Å². The molecule has 4 aromatic rings. The number of pyridine rings is 2. The Balaban J connectivity index is 1.32. The number of hydrogen-bond acceptors (Lipinski definition) is 6. The molecule has 4 heterocycles. The normalized spacial score (nSPS) is 15.1. The van der Waals surface area contributed by atoms with Crippen LogP contribution in [0.2, 0.25) is 0 Å². The molecular formula is C27H27N7O2. The van der Waals surface area contributed by atoms with Gasteiger partial charge in [0, 0.05) is 55.5 Å². The van der Waals surface area contributed by atoms with Crippen LogP contribution >= 0.6 is 0 Å². The molecule has 1 amide bonds. The average Bonchev–Trinajstić information content (AvgIpc) is 3.55. The highest BCUT2D eigenvalue weighted by Crippen LogP contribution is 2.32. The summed E-state index contributed by atoms with van der Waals surface area (Å²) in [5, 5.41) is 11.1. The van der Waals surface area contributed by atoms with Crippen molar-refractivity contribution in [3.63, 3.8) is 0 Å². The smallest absolute Gasteiger partial charge is 0.254 e. The summed E-state index contributed by atoms with van der Waals surface area (Å²) in [4.78, 5) is 33.1. The zero-order valence-corrected chi connectivity index (χ0v) is 20.2. The first-order valence-electron chi connectivity index (χ1n) is 12.3. The molecule has 182 valence electrons. The Morgan fingerprint density at radius 2 is 1.97 bits per heavy atom. The quantitative estimate of drug-likeness (QED) is 0.420. The number of tetrazole rings is 1. The van der Waals surface area contributed by atoms with Crippen molar-refractivity contribution in [2.45, 2.75) is 45.7 Å². The summed E-state index contributed by atoms with van der Waals surface area (Å²) in [7, 11) is 0. The van der Waals surface area contributed by atoms with Crippen LogP contribution in [-0.4, -0.2) is 47.1 Å². The SMILES string of the molecule is Cc1ccccc1Cc1cc2c(n(CC3CC3)c1=O)CCN(C(=O)c1ccnc(-n3cnnn3)c1)C2. The van der Waals surface area contributed by atoms with Crippen LogP contribution in [0.15, 0.2) is 59.8 Å². The van der Waals surface area contributed by atoms with Gasteiger partial charge in [0.1, 0.15) is 6.33 Å². The molecule has 1 fully saturated rings. The number of rotatable bonds is 6. The number of hydrogen-bond donors (Lipinski definition) is 0. The summed E-state index contributed by atoms with van der Waals surface area (Å²) in [5.74, 6) is 1.00. The molecule has 6 rings (SSSR count). The van der Waals surface area contributed by atoms with Gasteiger partial charge in [-0.15, -0.1) is 5.10 Å². The van der Waals surface area contributed by atoms with Gasteiger partial charge in [0.05, 0.1) is 0 Å². The number of amides is 1. The van der Waals surface area contributed by atoms with Gasteiger partial charge in [-0.3, -0.25) is 9.59 Å². The van der Waals surface area contributed by atoms with E-state index in [1.165, 1.54) is 29.4 Å². The second-order valence-corrected chi connectivity index (χ2v) is 9.74. The second-order valence-electron chi connectivity index (χ2n) is 9.74. The number of fused-ring (bicyclic) bond motifs is 1. The van der Waals surface area contributed by atoms with Crippen molar-refractivity contribution in [1.29, 1.82) is 0 Å². The fourth-order valence-electron chi connectivity index (χ4n) is 4.97. The number of aryl methyl sites for hydroxylation is 1. The summed E-state index contributed by atoms with van der Waals surface area (Å²) in [6, 6.07) is 13.6. The van der Waals surface area contributed by atoms with E-state index in [9.17, 15) is 9.59 Å². The van der Waals surface area contributed by atoms with Crippen molar-refractivity contribution in [3.8, 4) is 5.82 Å². The molecule has 0 N–H and O–H groups in total. The lowest BCUT2D eigenvalue weighted by Gasteiger charge is -2.31. The number of nitrogens with zero attached hydrogens (tertiary/aromatic N) is 7. The molecule has 1 aliphatic carbocycles. The first-order chi connectivity index (χ1) is 17.6. The highest BCUT2D eigenvalue weighted by Gasteiger charge is 2.29. The largest absolute Gasteiger partial charge is 0.334 e. The van der Waals surface area contributed by atoms with E-state index in [0.717, 1.165) is 28.9 Å². The minimum absolute atomic E-state index is 0.0715. The molecule has 0 saturated heterocycles. The number of benzene rings is 1. The first-order valence-corrected chi connectivity index (χ1v) is 12.3. The summed E-state index contributed by atoms with van der Waals surface area (Å²) in [5.41, 5.74) is 5.92. The van der Waals surface area contributed by atoms with Crippen molar-refractivity contribution < 1.29 is 4.79 Å². The fourth-order valence-corrected chi connectivity index (χ4v) is 4.97. The monoisotopic (exact) mass is 481 g/mol. The predicted octanol–water partition coefficient (Wildman–Crippen LogP) is 2.73. The zero-order valence-electron chi connectivity index (χ0n) is 20.2. The third-order valence-electron chi connectivity index (χ3n) is 7.19. The van der Waals surface area contributed by atoms with Gasteiger partial charge in [-0.05, 0) is 71.0 Å². The Morgan fingerprint density at radius 1 is 1.11 bits per heavy atom. The van der Waals surface area contributed by atoms with Gasteiger partial charge in [0.25, 0.3) is 11.5 Å². The average molecular weight is 482 g/mol. The van der Waals surface area contributed by atoms with Gasteiger partial charge >= 0.3 is 0 Å². The van der Waals surface area contributed by atoms with Gasteiger partial charge in [0.2, 0.25) is 0 Å². The van der Waals surface area contributed by atoms with Crippen molar-refractivity contribution in [2.24, 2.45) is 5.92 Å². The van der Waals surface area contributed by atoms with E-state index in [1.54, 1.807) is 18.3 Å². The Kier molecular flexibility index (Phi) is 5.67. The van der Waals surface area contributed by atoms with Crippen LogP contribution in [-0.2, 0) is 25.9 Å². The topological polar surface area (TPSA) is 98.8 Å². The second kappa shape index (κ2) is 9.14. The molecule has 1 aliphatic heterocycles. The lowest BCUT2D eigenvalue weighted by molar-refractivity contribution is 0.0731. The van der Waals surface area contributed by atoms with E-state index >= 15 is 0 Å². The molecule has 0 unspecified atom stereocenters. The number of carbonyl (C=O) groups is 1. The van der Waals surface area contributed by atoms with E-state index in [4.69, 9.17) is 0 Å². The molecular weight excluding hydrogens is 454 g/mol. The fraction of sp³-hybridized carbons (Fsp3) is 0.333. The van der Waals surface area contributed by atoms with Crippen molar-refractivity contribution in [2.75, 3.05) is 6.54 Å². The maximum atomic E-state index is 13.6. The van der Waals surface area contributed by atoms with E-state index in [2.05, 4.69) is 39.6 Å². The molecule has 2 aliphatic rings. The van der Waals surface area contributed by atoms with Gasteiger partial charge in [0.15, 0.2) is 5.82 Å². The Morgan fingerprint density at radius 3 is 2.75 bits per heavy atom. The third kappa shape index (κ3) is 4.32. The van der Waals surface area contributed by atoms with Gasteiger partial charge in [-0.25, -0.2) is 4.98 Å². The molecule has 9 nitrogen and oxygen atoms in total. The number of aromatic nitrogens is 6. The van der Waals surface area contributed by atoms with Crippen LogP contribution in [0, 0.1) is 12.8 Å². The van der Waals surface area contributed by atoms with Crippen molar-refractivity contribution >= 4 is 5.91 Å². The standard InChI is InChI=1S/C27H27N7O2/c1-18-4-2-3-5-20(18)12-22-13-23-16-32(11-9-24(23)33(27(22)36)15-19-6-7-19)26(35)21-8-10-28-25(14-21)34-17-29-30-31-34/h2-5,8,10,13-14,17,19H,6-7,9,11-12,15-16H2,1H3. The predicted molar refractivity (Wildman–Crippen MR) is 133 cm³/mol. The zero-order chi connectivity index (χ0) is 24.6. The number of carbonyl (C=O) groups excluding carboxylic acids is 1. The summed E-state index contributed by atoms with van der Waals surface area (Å²) < 4.78 is 3.43. The molecule has 3 aromatic heterocycles. The van der Waals surface area contributed by atoms with Crippen LogP contribution in [0.4, 0.5) is 0 Å². The lowest BCUT2D eigenvalue weighted by Crippen LogP contribution is -2.40. The maximum Gasteiger partial charge on any atom is 0.254 e. The highest BCUT2D eigenvalue weighted by molar-refractivity contribution is 5.94. The van der Waals surface area contributed by atoms with E-state index < -0.39 is 0 Å². The Hall–Kier alpha value is -4.14. The Labute approximate surface area is 208 Å². The molecule has 36 heavy (non-hydrogen) atoms. The van der Waals surface area contributed by atoms with E-state index in [0.29, 0.717) is 43.2 Å². The van der Waals surface area contributed by atoms with E-state index in [-0.39, 0.29) is 11.5 Å². The van der Waals surface area contributed by atoms with E-state index in [1.807, 2.05) is 27.7 Å². The van der Waals surface area contributed by atoms with Crippen LogP contribution in [0.25, 0.3) is 5.82 Å².